The van der Waals surface area contributed by atoms with E-state index < -0.39 is 17.6 Å². The maximum Gasteiger partial charge on any atom is 0.433 e. The third kappa shape index (κ3) is 2.62. The van der Waals surface area contributed by atoms with Gasteiger partial charge in [0.05, 0.1) is 23.5 Å². The first-order valence-electron chi connectivity index (χ1n) is 6.64. The van der Waals surface area contributed by atoms with Crippen LogP contribution in [0.1, 0.15) is 5.69 Å². The lowest BCUT2D eigenvalue weighted by Crippen LogP contribution is -2.24. The molecule has 3 aromatic heterocycles. The van der Waals surface area contributed by atoms with Crippen molar-refractivity contribution in [2.45, 2.75) is 6.18 Å². The van der Waals surface area contributed by atoms with Gasteiger partial charge in [-0.1, -0.05) is 0 Å². The Morgan fingerprint density at radius 1 is 1.21 bits per heavy atom. The van der Waals surface area contributed by atoms with E-state index in [1.807, 2.05) is 0 Å². The van der Waals surface area contributed by atoms with Crippen LogP contribution in [0.2, 0.25) is 0 Å². The van der Waals surface area contributed by atoms with Gasteiger partial charge in [0.15, 0.2) is 5.65 Å². The average Bonchev–Trinajstić information content (AvgIpc) is 2.52. The number of halogens is 3. The number of pyridine rings is 2. The summed E-state index contributed by atoms with van der Waals surface area (Å²) in [6.45, 7) is 0. The molecule has 0 amide bonds. The van der Waals surface area contributed by atoms with Gasteiger partial charge in [0.25, 0.3) is 0 Å². The molecule has 3 rings (SSSR count). The summed E-state index contributed by atoms with van der Waals surface area (Å²) in [5, 5.41) is 12.4. The molecule has 2 N–H and O–H groups in total. The lowest BCUT2D eigenvalue weighted by molar-refractivity contribution is -0.141. The molecule has 0 radical (unpaired) electrons. The molecule has 0 fully saturated rings. The van der Waals surface area contributed by atoms with Crippen LogP contribution >= 0.6 is 0 Å². The summed E-state index contributed by atoms with van der Waals surface area (Å²) in [5.74, 6) is -0.155. The first-order valence-corrected chi connectivity index (χ1v) is 6.64. The highest BCUT2D eigenvalue weighted by Crippen LogP contribution is 2.30. The van der Waals surface area contributed by atoms with Gasteiger partial charge in [-0.05, 0) is 12.1 Å². The number of aromatic nitrogens is 4. The number of aromatic hydroxyl groups is 1. The Balaban J connectivity index is 2.43. The predicted molar refractivity (Wildman–Crippen MR) is 79.1 cm³/mol. The number of hydrogen-bond acceptors (Lipinski definition) is 6. The molecule has 10 heteroatoms. The van der Waals surface area contributed by atoms with E-state index in [-0.39, 0.29) is 28.3 Å². The van der Waals surface area contributed by atoms with Crippen LogP contribution in [-0.2, 0) is 6.18 Å². The summed E-state index contributed by atoms with van der Waals surface area (Å²) in [6.07, 6.45) is -2.33. The molecule has 0 saturated carbocycles. The van der Waals surface area contributed by atoms with Crippen LogP contribution in [0, 0.1) is 0 Å². The second-order valence-electron chi connectivity index (χ2n) is 4.80. The van der Waals surface area contributed by atoms with Gasteiger partial charge in [-0.15, -0.1) is 0 Å². The Kier molecular flexibility index (Phi) is 3.59. The van der Waals surface area contributed by atoms with Crippen molar-refractivity contribution in [1.29, 1.82) is 0 Å². The van der Waals surface area contributed by atoms with Crippen molar-refractivity contribution in [3.05, 3.63) is 46.8 Å². The summed E-state index contributed by atoms with van der Waals surface area (Å²) >= 11 is 0. The van der Waals surface area contributed by atoms with Crippen LogP contribution < -0.4 is 11.0 Å². The smallest absolute Gasteiger partial charge is 0.433 e. The zero-order chi connectivity index (χ0) is 17.5. The molecule has 0 aliphatic heterocycles. The number of nitrogens with one attached hydrogen (secondary N) is 1. The molecule has 0 bridgehead atoms. The largest absolute Gasteiger partial charge is 0.506 e. The van der Waals surface area contributed by atoms with E-state index in [9.17, 15) is 23.1 Å². The molecule has 0 aromatic carbocycles. The summed E-state index contributed by atoms with van der Waals surface area (Å²) in [7, 11) is 1.49. The summed E-state index contributed by atoms with van der Waals surface area (Å²) < 4.78 is 39.7. The van der Waals surface area contributed by atoms with Gasteiger partial charge >= 0.3 is 11.9 Å². The quantitative estimate of drug-likeness (QED) is 0.742. The van der Waals surface area contributed by atoms with Crippen molar-refractivity contribution in [3.8, 4) is 11.4 Å². The van der Waals surface area contributed by atoms with Gasteiger partial charge in [-0.2, -0.15) is 18.2 Å². The Morgan fingerprint density at radius 2 is 1.96 bits per heavy atom. The molecule has 0 aliphatic carbocycles. The van der Waals surface area contributed by atoms with Crippen LogP contribution in [0.4, 0.5) is 19.0 Å². The lowest BCUT2D eigenvalue weighted by atomic mass is 10.2. The SMILES string of the molecule is CNc1nc(=O)n(-c2cncc(O)c2)c2nc(C(F)(F)F)ccc12. The summed E-state index contributed by atoms with van der Waals surface area (Å²) in [6, 6.07) is 3.16. The predicted octanol–water partition coefficient (Wildman–Crippen LogP) is 1.94. The minimum absolute atomic E-state index is 0.0481. The second kappa shape index (κ2) is 5.48. The lowest BCUT2D eigenvalue weighted by Gasteiger charge is -2.13. The van der Waals surface area contributed by atoms with Crippen LogP contribution in [0.5, 0.6) is 5.75 Å². The van der Waals surface area contributed by atoms with Crippen molar-refractivity contribution < 1.29 is 18.3 Å². The standard InChI is InChI=1S/C14H10F3N5O2/c1-18-11-9-2-3-10(14(15,16)17)20-12(9)22(13(24)21-11)7-4-8(23)6-19-5-7/h2-6,23H,1H3,(H,18,21,24). The van der Waals surface area contributed by atoms with Gasteiger partial charge < -0.3 is 10.4 Å². The fraction of sp³-hybridized carbons (Fsp3) is 0.143. The van der Waals surface area contributed by atoms with Crippen LogP contribution in [-0.4, -0.2) is 31.7 Å². The molecule has 24 heavy (non-hydrogen) atoms. The monoisotopic (exact) mass is 337 g/mol. The first-order chi connectivity index (χ1) is 11.3. The van der Waals surface area contributed by atoms with Crippen LogP contribution in [0.15, 0.2) is 35.4 Å². The van der Waals surface area contributed by atoms with Crippen molar-refractivity contribution in [2.24, 2.45) is 0 Å². The molecule has 0 saturated heterocycles. The molecule has 3 heterocycles. The van der Waals surface area contributed by atoms with Gasteiger partial charge in [0.1, 0.15) is 17.3 Å². The fourth-order valence-corrected chi connectivity index (χ4v) is 2.22. The number of alkyl halides is 3. The molecule has 3 aromatic rings. The zero-order valence-corrected chi connectivity index (χ0v) is 12.2. The minimum atomic E-state index is -4.67. The first kappa shape index (κ1) is 15.7. The molecule has 0 atom stereocenters. The van der Waals surface area contributed by atoms with Crippen LogP contribution in [0.25, 0.3) is 16.7 Å². The molecule has 124 valence electrons. The molecule has 7 nitrogen and oxygen atoms in total. The summed E-state index contributed by atoms with van der Waals surface area (Å²) in [5.41, 5.74) is -2.20. The number of rotatable bonds is 2. The average molecular weight is 337 g/mol. The van der Waals surface area contributed by atoms with E-state index in [0.29, 0.717) is 0 Å². The van der Waals surface area contributed by atoms with Gasteiger partial charge in [-0.25, -0.2) is 14.3 Å². The maximum absolute atomic E-state index is 13.0. The Labute approximate surface area is 132 Å². The highest BCUT2D eigenvalue weighted by atomic mass is 19.4. The highest BCUT2D eigenvalue weighted by molar-refractivity contribution is 5.87. The molecule has 0 aliphatic rings. The molecule has 0 spiro atoms. The molecular formula is C14H10F3N5O2. The minimum Gasteiger partial charge on any atom is -0.506 e. The third-order valence-electron chi connectivity index (χ3n) is 3.24. The fourth-order valence-electron chi connectivity index (χ4n) is 2.22. The Hall–Kier alpha value is -3.17. The van der Waals surface area contributed by atoms with Crippen molar-refractivity contribution >= 4 is 16.9 Å². The van der Waals surface area contributed by atoms with E-state index in [2.05, 4.69) is 20.3 Å². The third-order valence-corrected chi connectivity index (χ3v) is 3.24. The number of hydrogen-bond donors (Lipinski definition) is 2. The Bertz CT molecular complexity index is 984. The van der Waals surface area contributed by atoms with E-state index >= 15 is 0 Å². The van der Waals surface area contributed by atoms with Crippen molar-refractivity contribution in [1.82, 2.24) is 19.5 Å². The second-order valence-corrected chi connectivity index (χ2v) is 4.80. The molecular weight excluding hydrogens is 327 g/mol. The normalized spacial score (nSPS) is 11.7. The highest BCUT2D eigenvalue weighted by Gasteiger charge is 2.33. The van der Waals surface area contributed by atoms with Crippen LogP contribution in [0.3, 0.4) is 0 Å². The van der Waals surface area contributed by atoms with Crippen molar-refractivity contribution in [2.75, 3.05) is 12.4 Å². The van der Waals surface area contributed by atoms with E-state index in [4.69, 9.17) is 0 Å². The van der Waals surface area contributed by atoms with Gasteiger partial charge in [0.2, 0.25) is 0 Å². The van der Waals surface area contributed by atoms with E-state index in [1.54, 1.807) is 0 Å². The van der Waals surface area contributed by atoms with Gasteiger partial charge in [0, 0.05) is 13.1 Å². The zero-order valence-electron chi connectivity index (χ0n) is 12.2. The number of fused-ring (bicyclic) bond motifs is 1. The van der Waals surface area contributed by atoms with E-state index in [1.165, 1.54) is 25.4 Å². The van der Waals surface area contributed by atoms with E-state index in [0.717, 1.165) is 16.8 Å². The van der Waals surface area contributed by atoms with Crippen molar-refractivity contribution in [3.63, 3.8) is 0 Å². The number of nitrogens with zero attached hydrogens (tertiary/aromatic N) is 4. The topological polar surface area (TPSA) is 92.9 Å². The van der Waals surface area contributed by atoms with Gasteiger partial charge in [-0.3, -0.25) is 4.98 Å². The maximum atomic E-state index is 13.0. The Morgan fingerprint density at radius 3 is 2.58 bits per heavy atom. The summed E-state index contributed by atoms with van der Waals surface area (Å²) in [4.78, 5) is 23.3. The number of anilines is 1. The molecule has 0 unspecified atom stereocenters.